The van der Waals surface area contributed by atoms with Crippen LogP contribution in [0.4, 0.5) is 0 Å². The molecule has 1 aliphatic rings. The first kappa shape index (κ1) is 44.0. The molecule has 1 amide bonds. The van der Waals surface area contributed by atoms with Crippen LogP contribution in [0.3, 0.4) is 0 Å². The van der Waals surface area contributed by atoms with Gasteiger partial charge in [-0.15, -0.1) is 0 Å². The fourth-order valence-electron chi connectivity index (χ4n) is 6.20. The molecule has 12 atom stereocenters. The molecular weight excluding hydrogens is 626 g/mol. The first-order valence-corrected chi connectivity index (χ1v) is 17.4. The van der Waals surface area contributed by atoms with Crippen LogP contribution in [0.15, 0.2) is 71.6 Å². The number of carbonyl (C=O) groups is 2. The van der Waals surface area contributed by atoms with E-state index in [-0.39, 0.29) is 29.4 Å². The second kappa shape index (κ2) is 21.9. The molecule has 0 aliphatic carbocycles. The predicted molar refractivity (Wildman–Crippen MR) is 193 cm³/mol. The molecule has 10 heteroatoms. The Balaban J connectivity index is 3.51. The van der Waals surface area contributed by atoms with Crippen molar-refractivity contribution in [2.75, 3.05) is 14.2 Å². The molecule has 49 heavy (non-hydrogen) atoms. The third-order valence-corrected chi connectivity index (χ3v) is 9.36. The van der Waals surface area contributed by atoms with E-state index in [4.69, 9.17) is 14.2 Å². The summed E-state index contributed by atoms with van der Waals surface area (Å²) in [5.74, 6) is -3.12. The molecular formula is C39H63NO9. The van der Waals surface area contributed by atoms with Crippen molar-refractivity contribution in [2.24, 2.45) is 29.6 Å². The Morgan fingerprint density at radius 1 is 1.10 bits per heavy atom. The first-order valence-electron chi connectivity index (χ1n) is 17.4. The maximum atomic E-state index is 13.6. The molecule has 0 spiro atoms. The second-order valence-electron chi connectivity index (χ2n) is 13.6. The number of rotatable bonds is 11. The highest BCUT2D eigenvalue weighted by molar-refractivity contribution is 5.88. The molecule has 0 saturated heterocycles. The number of nitrogens with one attached hydrogen (secondary N) is 1. The van der Waals surface area contributed by atoms with Crippen molar-refractivity contribution in [3.05, 3.63) is 71.6 Å². The highest BCUT2D eigenvalue weighted by Crippen LogP contribution is 2.29. The van der Waals surface area contributed by atoms with E-state index in [0.29, 0.717) is 18.4 Å². The van der Waals surface area contributed by atoms with Crippen LogP contribution in [0.5, 0.6) is 0 Å². The minimum Gasteiger partial charge on any atom is -0.490 e. The Morgan fingerprint density at radius 3 is 2.33 bits per heavy atom. The van der Waals surface area contributed by atoms with Gasteiger partial charge in [0.1, 0.15) is 12.2 Å². The lowest BCUT2D eigenvalue weighted by Crippen LogP contribution is -2.50. The average Bonchev–Trinajstić information content (AvgIpc) is 3.05. The van der Waals surface area contributed by atoms with Gasteiger partial charge in [0, 0.05) is 30.8 Å². The summed E-state index contributed by atoms with van der Waals surface area (Å²) in [5, 5.41) is 46.7. The van der Waals surface area contributed by atoms with Gasteiger partial charge in [-0.05, 0) is 58.6 Å². The van der Waals surface area contributed by atoms with E-state index >= 15 is 0 Å². The SMILES string of the molecule is C/C=C/C(O)C(C)/C=C/C(=O)NC(C)C(O)C(C)C1OC(=O)/C(OC)=C\C(C)=C/C(C)C(O)C(CC)C(O)C(C)C/C(C)=C\C=C/C1OC. The summed E-state index contributed by atoms with van der Waals surface area (Å²) in [4.78, 5) is 26.3. The van der Waals surface area contributed by atoms with Crippen LogP contribution in [0, 0.1) is 29.6 Å². The maximum absolute atomic E-state index is 13.6. The molecule has 0 aromatic rings. The molecule has 0 radical (unpaired) electrons. The molecule has 0 aromatic heterocycles. The lowest BCUT2D eigenvalue weighted by atomic mass is 9.79. The largest absolute Gasteiger partial charge is 0.490 e. The Kier molecular flexibility index (Phi) is 19.7. The summed E-state index contributed by atoms with van der Waals surface area (Å²) in [6.45, 7) is 16.5. The summed E-state index contributed by atoms with van der Waals surface area (Å²) in [6.07, 6.45) is 11.0. The van der Waals surface area contributed by atoms with Gasteiger partial charge < -0.3 is 40.0 Å². The smallest absolute Gasteiger partial charge is 0.373 e. The summed E-state index contributed by atoms with van der Waals surface area (Å²) >= 11 is 0. The van der Waals surface area contributed by atoms with Gasteiger partial charge in [-0.3, -0.25) is 4.79 Å². The Hall–Kier alpha value is -3.02. The number of hydrogen-bond donors (Lipinski definition) is 5. The summed E-state index contributed by atoms with van der Waals surface area (Å²) in [5.41, 5.74) is 1.65. The van der Waals surface area contributed by atoms with Crippen molar-refractivity contribution in [1.29, 1.82) is 0 Å². The van der Waals surface area contributed by atoms with Crippen molar-refractivity contribution in [3.8, 4) is 0 Å². The van der Waals surface area contributed by atoms with Gasteiger partial charge >= 0.3 is 5.97 Å². The number of aliphatic hydroxyl groups is 4. The van der Waals surface area contributed by atoms with Gasteiger partial charge in [-0.2, -0.15) is 0 Å². The van der Waals surface area contributed by atoms with E-state index in [1.807, 2.05) is 39.8 Å². The normalized spacial score (nSPS) is 33.7. The van der Waals surface area contributed by atoms with Crippen LogP contribution in [-0.4, -0.2) is 89.2 Å². The number of hydrogen-bond acceptors (Lipinski definition) is 9. The van der Waals surface area contributed by atoms with Crippen molar-refractivity contribution >= 4 is 11.9 Å². The number of esters is 1. The fraction of sp³-hybridized carbons (Fsp3) is 0.641. The first-order chi connectivity index (χ1) is 23.0. The van der Waals surface area contributed by atoms with Crippen LogP contribution < -0.4 is 5.32 Å². The maximum Gasteiger partial charge on any atom is 0.373 e. The second-order valence-corrected chi connectivity index (χ2v) is 13.6. The van der Waals surface area contributed by atoms with Crippen LogP contribution in [0.1, 0.15) is 75.2 Å². The van der Waals surface area contributed by atoms with Crippen LogP contribution in [-0.2, 0) is 23.8 Å². The monoisotopic (exact) mass is 689 g/mol. The number of aliphatic hydroxyl groups excluding tert-OH is 4. The topological polar surface area (TPSA) is 155 Å². The quantitative estimate of drug-likeness (QED) is 0.115. The van der Waals surface area contributed by atoms with Gasteiger partial charge in [0.15, 0.2) is 0 Å². The van der Waals surface area contributed by atoms with Gasteiger partial charge in [0.25, 0.3) is 0 Å². The Bertz CT molecular complexity index is 1220. The highest BCUT2D eigenvalue weighted by atomic mass is 16.6. The highest BCUT2D eigenvalue weighted by Gasteiger charge is 2.37. The zero-order valence-corrected chi connectivity index (χ0v) is 31.4. The molecule has 0 saturated carbocycles. The summed E-state index contributed by atoms with van der Waals surface area (Å²) in [6, 6.07) is -0.742. The third kappa shape index (κ3) is 14.0. The van der Waals surface area contributed by atoms with E-state index < -0.39 is 60.5 Å². The molecule has 10 nitrogen and oxygen atoms in total. The molecule has 0 aromatic carbocycles. The number of amides is 1. The molecule has 1 rings (SSSR count). The van der Waals surface area contributed by atoms with Gasteiger partial charge in [0.2, 0.25) is 11.7 Å². The number of carbonyl (C=O) groups excluding carboxylic acids is 2. The van der Waals surface area contributed by atoms with Crippen molar-refractivity contribution in [3.63, 3.8) is 0 Å². The Labute approximate surface area is 294 Å². The lowest BCUT2D eigenvalue weighted by Gasteiger charge is -2.34. The van der Waals surface area contributed by atoms with Crippen molar-refractivity contribution in [2.45, 2.75) is 118 Å². The Morgan fingerprint density at radius 2 is 1.76 bits per heavy atom. The molecule has 1 heterocycles. The van der Waals surface area contributed by atoms with Crippen LogP contribution >= 0.6 is 0 Å². The lowest BCUT2D eigenvalue weighted by molar-refractivity contribution is -0.161. The summed E-state index contributed by atoms with van der Waals surface area (Å²) < 4.78 is 17.2. The van der Waals surface area contributed by atoms with Crippen LogP contribution in [0.25, 0.3) is 0 Å². The predicted octanol–water partition coefficient (Wildman–Crippen LogP) is 4.95. The number of allylic oxidation sites excluding steroid dienone is 6. The van der Waals surface area contributed by atoms with Crippen molar-refractivity contribution < 1.29 is 44.2 Å². The van der Waals surface area contributed by atoms with E-state index in [0.717, 1.165) is 5.57 Å². The minimum absolute atomic E-state index is 0.0840. The number of cyclic esters (lactones) is 1. The van der Waals surface area contributed by atoms with Gasteiger partial charge in [-0.25, -0.2) is 4.79 Å². The van der Waals surface area contributed by atoms with E-state index in [1.165, 1.54) is 26.4 Å². The van der Waals surface area contributed by atoms with E-state index in [1.54, 1.807) is 65.0 Å². The third-order valence-electron chi connectivity index (χ3n) is 9.36. The minimum atomic E-state index is -1.16. The molecule has 278 valence electrons. The molecule has 1 aliphatic heterocycles. The van der Waals surface area contributed by atoms with Crippen molar-refractivity contribution in [1.82, 2.24) is 5.32 Å². The van der Waals surface area contributed by atoms with Gasteiger partial charge in [-0.1, -0.05) is 88.3 Å². The van der Waals surface area contributed by atoms with E-state index in [9.17, 15) is 30.0 Å². The number of ether oxygens (including phenoxy) is 3. The summed E-state index contributed by atoms with van der Waals surface area (Å²) in [7, 11) is 2.83. The number of methoxy groups -OCH3 is 2. The zero-order valence-electron chi connectivity index (χ0n) is 31.4. The molecule has 0 bridgehead atoms. The fourth-order valence-corrected chi connectivity index (χ4v) is 6.20. The van der Waals surface area contributed by atoms with Gasteiger partial charge in [0.05, 0.1) is 37.6 Å². The average molecular weight is 690 g/mol. The van der Waals surface area contributed by atoms with Crippen LogP contribution in [0.2, 0.25) is 0 Å². The standard InChI is InChI=1S/C39H63NO9/c1-12-15-31(41)25(5)18-19-34(42)40-29(9)37(45)28(8)38-32(47-10)17-14-16-23(3)20-26(6)35(43)30(13-2)36(44)27(7)21-24(4)22-33(48-11)39(46)49-38/h12,14-19,21-22,25-32,35-38,41,43-45H,13,20H2,1-11H3,(H,40,42)/b15-12+,17-14-,19-18+,23-16-,24-21-,33-22+. The zero-order chi connectivity index (χ0) is 37.4. The molecule has 0 fully saturated rings. The molecule has 5 N–H and O–H groups in total. The molecule has 12 unspecified atom stereocenters. The van der Waals surface area contributed by atoms with E-state index in [2.05, 4.69) is 5.32 Å².